The van der Waals surface area contributed by atoms with Crippen molar-refractivity contribution < 1.29 is 18.5 Å². The van der Waals surface area contributed by atoms with Gasteiger partial charge in [-0.2, -0.15) is 0 Å². The van der Waals surface area contributed by atoms with E-state index >= 15 is 0 Å². The summed E-state index contributed by atoms with van der Waals surface area (Å²) < 4.78 is 27.1. The van der Waals surface area contributed by atoms with Crippen molar-refractivity contribution in [1.82, 2.24) is 0 Å². The van der Waals surface area contributed by atoms with Gasteiger partial charge in [-0.25, -0.2) is 0 Å². The molecular formula is C17H35NO4SSi. The van der Waals surface area contributed by atoms with E-state index < -0.39 is 25.3 Å². The number of carbonyl (C=O) groups is 1. The highest BCUT2D eigenvalue weighted by molar-refractivity contribution is 7.91. The largest absolute Gasteiger partial charge is 0.591 e. The number of rotatable bonds is 8. The molecule has 0 aliphatic rings. The van der Waals surface area contributed by atoms with Crippen molar-refractivity contribution in [1.29, 1.82) is 0 Å². The molecule has 0 heterocycles. The summed E-state index contributed by atoms with van der Waals surface area (Å²) in [6, 6.07) is 0. The van der Waals surface area contributed by atoms with Gasteiger partial charge in [0.05, 0.1) is 18.7 Å². The molecule has 0 rings (SSSR count). The van der Waals surface area contributed by atoms with E-state index in [9.17, 15) is 9.35 Å². The third kappa shape index (κ3) is 13.0. The number of nitrogens with zero attached hydrogens (tertiary/aromatic N) is 1. The van der Waals surface area contributed by atoms with Crippen molar-refractivity contribution in [2.24, 2.45) is 4.40 Å². The summed E-state index contributed by atoms with van der Waals surface area (Å²) in [6.07, 6.45) is 3.00. The molecule has 0 amide bonds. The van der Waals surface area contributed by atoms with Crippen LogP contribution in [0.5, 0.6) is 0 Å². The summed E-state index contributed by atoms with van der Waals surface area (Å²) in [5, 5.41) is 0. The van der Waals surface area contributed by atoms with E-state index in [1.807, 2.05) is 41.5 Å². The average molecular weight is 378 g/mol. The van der Waals surface area contributed by atoms with Gasteiger partial charge in [0.1, 0.15) is 21.7 Å². The number of hydrogen-bond donors (Lipinski definition) is 0. The van der Waals surface area contributed by atoms with Gasteiger partial charge in [-0.05, 0) is 74.0 Å². The van der Waals surface area contributed by atoms with Crippen LogP contribution in [0.4, 0.5) is 0 Å². The standard InChI is InChI=1S/C17H35NO4SSi/c1-16(2,3)21-15(19)13-14(22-24(7,8)9)11-10-12-18-23(20)17(4,5)6/h12,14H,10-11,13H2,1-9H3. The topological polar surface area (TPSA) is 71.0 Å². The normalized spacial score (nSPS) is 16.2. The van der Waals surface area contributed by atoms with Gasteiger partial charge in [-0.15, -0.1) is 0 Å². The molecule has 5 nitrogen and oxygen atoms in total. The second-order valence-corrected chi connectivity index (χ2v) is 15.3. The Hall–Kier alpha value is -0.373. The van der Waals surface area contributed by atoms with E-state index in [0.717, 1.165) is 0 Å². The Morgan fingerprint density at radius 2 is 1.75 bits per heavy atom. The monoisotopic (exact) mass is 377 g/mol. The smallest absolute Gasteiger partial charge is 0.308 e. The molecule has 24 heavy (non-hydrogen) atoms. The fourth-order valence-electron chi connectivity index (χ4n) is 1.81. The van der Waals surface area contributed by atoms with Crippen molar-refractivity contribution in [3.05, 3.63) is 0 Å². The van der Waals surface area contributed by atoms with E-state index in [2.05, 4.69) is 24.0 Å². The molecule has 0 aliphatic carbocycles. The van der Waals surface area contributed by atoms with Crippen molar-refractivity contribution in [3.8, 4) is 0 Å². The van der Waals surface area contributed by atoms with Crippen LogP contribution >= 0.6 is 0 Å². The Balaban J connectivity index is 4.63. The van der Waals surface area contributed by atoms with Crippen LogP contribution in [0, 0.1) is 0 Å². The summed E-state index contributed by atoms with van der Waals surface area (Å²) in [7, 11) is -1.77. The van der Waals surface area contributed by atoms with Crippen LogP contribution in [0.1, 0.15) is 60.8 Å². The summed E-state index contributed by atoms with van der Waals surface area (Å²) in [4.78, 5) is 12.1. The Morgan fingerprint density at radius 3 is 2.17 bits per heavy atom. The average Bonchev–Trinajstić information content (AvgIpc) is 2.28. The first kappa shape index (κ1) is 23.6. The third-order valence-corrected chi connectivity index (χ3v) is 5.08. The second-order valence-electron chi connectivity index (χ2n) is 8.87. The zero-order valence-electron chi connectivity index (χ0n) is 16.8. The second kappa shape index (κ2) is 9.36. The maximum atomic E-state index is 12.1. The molecular weight excluding hydrogens is 342 g/mol. The molecule has 2 atom stereocenters. The Labute approximate surface area is 152 Å². The number of hydrogen-bond acceptors (Lipinski definition) is 5. The summed E-state index contributed by atoms with van der Waals surface area (Å²) in [6.45, 7) is 17.5. The van der Waals surface area contributed by atoms with Gasteiger partial charge in [-0.1, -0.05) is 4.40 Å². The fraction of sp³-hybridized carbons (Fsp3) is 0.882. The van der Waals surface area contributed by atoms with Crippen LogP contribution in [0.3, 0.4) is 0 Å². The van der Waals surface area contributed by atoms with E-state index in [0.29, 0.717) is 12.8 Å². The maximum Gasteiger partial charge on any atom is 0.308 e. The van der Waals surface area contributed by atoms with Gasteiger partial charge >= 0.3 is 5.97 Å². The molecule has 0 N–H and O–H groups in total. The summed E-state index contributed by atoms with van der Waals surface area (Å²) in [5.41, 5.74) is -0.494. The first-order chi connectivity index (χ1) is 10.6. The quantitative estimate of drug-likeness (QED) is 0.274. The zero-order valence-corrected chi connectivity index (χ0v) is 18.6. The van der Waals surface area contributed by atoms with Crippen LogP contribution in [-0.4, -0.2) is 41.5 Å². The molecule has 142 valence electrons. The lowest BCUT2D eigenvalue weighted by atomic mass is 10.1. The molecule has 0 fully saturated rings. The fourth-order valence-corrected chi connectivity index (χ4v) is 3.57. The molecule has 0 radical (unpaired) electrons. The van der Waals surface area contributed by atoms with E-state index in [1.165, 1.54) is 0 Å². The van der Waals surface area contributed by atoms with Crippen molar-refractivity contribution in [2.45, 2.75) is 96.9 Å². The van der Waals surface area contributed by atoms with Gasteiger partial charge in [0, 0.05) is 0 Å². The van der Waals surface area contributed by atoms with Gasteiger partial charge < -0.3 is 13.7 Å². The van der Waals surface area contributed by atoms with Crippen LogP contribution in [0.2, 0.25) is 19.6 Å². The van der Waals surface area contributed by atoms with E-state index in [4.69, 9.17) is 9.16 Å². The Bertz CT molecular complexity index is 422. The highest BCUT2D eigenvalue weighted by Crippen LogP contribution is 2.19. The Kier molecular flexibility index (Phi) is 9.21. The minimum atomic E-state index is -1.77. The highest BCUT2D eigenvalue weighted by Gasteiger charge is 2.27. The van der Waals surface area contributed by atoms with Crippen LogP contribution in [-0.2, 0) is 25.3 Å². The first-order valence-electron chi connectivity index (χ1n) is 8.44. The zero-order chi connectivity index (χ0) is 19.2. The van der Waals surface area contributed by atoms with Gasteiger partial charge in [0.25, 0.3) is 0 Å². The molecule has 0 aromatic heterocycles. The van der Waals surface area contributed by atoms with Gasteiger partial charge in [0.15, 0.2) is 8.32 Å². The SMILES string of the molecule is CC(C)(C)OC(=O)CC(CCC=N[S+]([O-])C(C)(C)C)O[Si](C)(C)C. The van der Waals surface area contributed by atoms with Crippen LogP contribution in [0.15, 0.2) is 4.40 Å². The molecule has 0 spiro atoms. The molecule has 0 aliphatic heterocycles. The van der Waals surface area contributed by atoms with Crippen molar-refractivity contribution >= 4 is 31.9 Å². The van der Waals surface area contributed by atoms with E-state index in [-0.39, 0.29) is 23.2 Å². The minimum absolute atomic E-state index is 0.193. The predicted octanol–water partition coefficient (Wildman–Crippen LogP) is 4.25. The van der Waals surface area contributed by atoms with E-state index in [1.54, 1.807) is 6.21 Å². The summed E-state index contributed by atoms with van der Waals surface area (Å²) in [5.74, 6) is -0.249. The lowest BCUT2D eigenvalue weighted by Gasteiger charge is -2.27. The molecule has 7 heteroatoms. The molecule has 0 bridgehead atoms. The minimum Gasteiger partial charge on any atom is -0.591 e. The van der Waals surface area contributed by atoms with Crippen LogP contribution in [0.25, 0.3) is 0 Å². The Morgan fingerprint density at radius 1 is 1.21 bits per heavy atom. The third-order valence-electron chi connectivity index (χ3n) is 2.65. The van der Waals surface area contributed by atoms with Crippen LogP contribution < -0.4 is 0 Å². The number of esters is 1. The molecule has 2 unspecified atom stereocenters. The summed E-state index contributed by atoms with van der Waals surface area (Å²) >= 11 is -1.25. The number of carbonyl (C=O) groups excluding carboxylic acids is 1. The molecule has 0 saturated carbocycles. The predicted molar refractivity (Wildman–Crippen MR) is 104 cm³/mol. The first-order valence-corrected chi connectivity index (χ1v) is 13.0. The van der Waals surface area contributed by atoms with Crippen molar-refractivity contribution in [2.75, 3.05) is 0 Å². The highest BCUT2D eigenvalue weighted by atomic mass is 32.2. The molecule has 0 aromatic rings. The van der Waals surface area contributed by atoms with Gasteiger partial charge in [-0.3, -0.25) is 4.79 Å². The van der Waals surface area contributed by atoms with Crippen molar-refractivity contribution in [3.63, 3.8) is 0 Å². The lowest BCUT2D eigenvalue weighted by Crippen LogP contribution is -2.35. The molecule has 0 aromatic carbocycles. The molecule has 0 saturated heterocycles. The number of ether oxygens (including phenoxy) is 1. The maximum absolute atomic E-state index is 12.1. The van der Waals surface area contributed by atoms with Gasteiger partial charge in [0.2, 0.25) is 0 Å². The lowest BCUT2D eigenvalue weighted by molar-refractivity contribution is -0.156.